The zero-order valence-corrected chi connectivity index (χ0v) is 9.91. The Hall–Kier alpha value is -1.03. The minimum Gasteiger partial charge on any atom is -0.390 e. The molecule has 0 fully saturated rings. The highest BCUT2D eigenvalue weighted by molar-refractivity contribution is 7.16. The van der Waals surface area contributed by atoms with Gasteiger partial charge < -0.3 is 11.1 Å². The summed E-state index contributed by atoms with van der Waals surface area (Å²) in [5, 5.41) is 3.34. The number of nitrogen functional groups attached to an aromatic ring is 1. The van der Waals surface area contributed by atoms with Crippen molar-refractivity contribution in [1.82, 2.24) is 5.32 Å². The monoisotopic (exact) mass is 224 g/mol. The Morgan fingerprint density at radius 1 is 1.60 bits per heavy atom. The molecule has 1 atom stereocenters. The van der Waals surface area contributed by atoms with Crippen molar-refractivity contribution in [2.45, 2.75) is 32.1 Å². The largest absolute Gasteiger partial charge is 0.390 e. The van der Waals surface area contributed by atoms with Gasteiger partial charge in [0.25, 0.3) is 5.91 Å². The van der Waals surface area contributed by atoms with Gasteiger partial charge in [-0.05, 0) is 30.7 Å². The van der Waals surface area contributed by atoms with Gasteiger partial charge in [0.1, 0.15) is 0 Å². The second-order valence-corrected chi connectivity index (χ2v) is 5.19. The van der Waals surface area contributed by atoms with E-state index in [-0.39, 0.29) is 5.91 Å². The number of thiophene rings is 1. The van der Waals surface area contributed by atoms with Crippen molar-refractivity contribution in [3.63, 3.8) is 0 Å². The van der Waals surface area contributed by atoms with Crippen LogP contribution in [0.2, 0.25) is 0 Å². The van der Waals surface area contributed by atoms with Crippen molar-refractivity contribution in [3.05, 3.63) is 16.0 Å². The van der Waals surface area contributed by atoms with Gasteiger partial charge in [0.05, 0.1) is 10.6 Å². The van der Waals surface area contributed by atoms with E-state index >= 15 is 0 Å². The Balaban J connectivity index is 2.54. The second kappa shape index (κ2) is 3.85. The third kappa shape index (κ3) is 1.63. The van der Waals surface area contributed by atoms with Crippen LogP contribution in [0.1, 0.15) is 46.5 Å². The molecule has 0 radical (unpaired) electrons. The predicted molar refractivity (Wildman–Crippen MR) is 63.5 cm³/mol. The van der Waals surface area contributed by atoms with Crippen LogP contribution in [0.5, 0.6) is 0 Å². The molecule has 0 saturated carbocycles. The number of fused-ring (bicyclic) bond motifs is 1. The molecule has 1 aromatic heterocycles. The van der Waals surface area contributed by atoms with Crippen LogP contribution < -0.4 is 11.1 Å². The van der Waals surface area contributed by atoms with Crippen LogP contribution in [0, 0.1) is 0 Å². The number of carbonyl (C=O) groups excluding carboxylic acids is 1. The smallest absolute Gasteiger partial charge is 0.254 e. The molecule has 3 nitrogen and oxygen atoms in total. The Bertz CT molecular complexity index is 398. The molecule has 1 unspecified atom stereocenters. The highest BCUT2D eigenvalue weighted by Crippen LogP contribution is 2.41. The van der Waals surface area contributed by atoms with Gasteiger partial charge in [-0.25, -0.2) is 0 Å². The predicted octanol–water partition coefficient (Wildman–Crippen LogP) is 2.13. The van der Waals surface area contributed by atoms with Crippen LogP contribution in [0.3, 0.4) is 0 Å². The number of carbonyl (C=O) groups is 1. The van der Waals surface area contributed by atoms with E-state index in [2.05, 4.69) is 12.2 Å². The van der Waals surface area contributed by atoms with Gasteiger partial charge in [-0.3, -0.25) is 4.79 Å². The molecular formula is C11H16N2OS. The van der Waals surface area contributed by atoms with Crippen molar-refractivity contribution >= 4 is 22.2 Å². The average Bonchev–Trinajstić information content (AvgIpc) is 2.55. The van der Waals surface area contributed by atoms with Gasteiger partial charge in [0, 0.05) is 11.9 Å². The van der Waals surface area contributed by atoms with Crippen molar-refractivity contribution in [1.29, 1.82) is 0 Å². The van der Waals surface area contributed by atoms with Crippen molar-refractivity contribution < 1.29 is 4.79 Å². The maximum atomic E-state index is 11.7. The Morgan fingerprint density at radius 3 is 3.00 bits per heavy atom. The number of rotatable bonds is 1. The van der Waals surface area contributed by atoms with Crippen LogP contribution in [0.25, 0.3) is 0 Å². The zero-order valence-electron chi connectivity index (χ0n) is 9.09. The molecule has 0 aliphatic heterocycles. The fourth-order valence-corrected chi connectivity index (χ4v) is 3.52. The number of anilines is 1. The molecule has 15 heavy (non-hydrogen) atoms. The first kappa shape index (κ1) is 10.5. The lowest BCUT2D eigenvalue weighted by molar-refractivity contribution is 0.0963. The molecule has 0 bridgehead atoms. The third-order valence-corrected chi connectivity index (χ3v) is 4.13. The van der Waals surface area contributed by atoms with Gasteiger partial charge in [0.15, 0.2) is 0 Å². The van der Waals surface area contributed by atoms with Crippen molar-refractivity contribution in [2.24, 2.45) is 0 Å². The third-order valence-electron chi connectivity index (χ3n) is 3.04. The Labute approximate surface area is 93.7 Å². The van der Waals surface area contributed by atoms with E-state index in [1.54, 1.807) is 18.4 Å². The van der Waals surface area contributed by atoms with Crippen LogP contribution in [-0.4, -0.2) is 13.0 Å². The molecule has 1 aliphatic rings. The van der Waals surface area contributed by atoms with Gasteiger partial charge >= 0.3 is 0 Å². The molecule has 2 rings (SSSR count). The Kier molecular flexibility index (Phi) is 2.69. The highest BCUT2D eigenvalue weighted by atomic mass is 32.1. The number of hydrogen-bond acceptors (Lipinski definition) is 3. The zero-order chi connectivity index (χ0) is 11.0. The lowest BCUT2D eigenvalue weighted by atomic mass is 9.86. The number of nitrogens with two attached hydrogens (primary N) is 1. The molecule has 1 aliphatic carbocycles. The standard InChI is InChI=1S/C11H16N2OS/c1-6-4-3-5-7-8(6)9(10(12)15-7)11(14)13-2/h6H,3-5,12H2,1-2H3,(H,13,14). The number of hydrogen-bond donors (Lipinski definition) is 2. The summed E-state index contributed by atoms with van der Waals surface area (Å²) in [5.74, 6) is 0.424. The summed E-state index contributed by atoms with van der Waals surface area (Å²) in [6, 6.07) is 0. The van der Waals surface area contributed by atoms with E-state index in [0.29, 0.717) is 10.9 Å². The first-order chi connectivity index (χ1) is 7.15. The Morgan fingerprint density at radius 2 is 2.33 bits per heavy atom. The summed E-state index contributed by atoms with van der Waals surface area (Å²) < 4.78 is 0. The minimum absolute atomic E-state index is 0.0428. The summed E-state index contributed by atoms with van der Waals surface area (Å²) in [5.41, 5.74) is 7.84. The number of nitrogens with one attached hydrogen (secondary N) is 1. The lowest BCUT2D eigenvalue weighted by Crippen LogP contribution is -2.21. The van der Waals surface area contributed by atoms with Crippen LogP contribution in [0.4, 0.5) is 5.00 Å². The van der Waals surface area contributed by atoms with Gasteiger partial charge in [0.2, 0.25) is 0 Å². The summed E-state index contributed by atoms with van der Waals surface area (Å²) in [6.45, 7) is 2.18. The molecule has 0 saturated heterocycles. The van der Waals surface area contributed by atoms with Crippen LogP contribution in [-0.2, 0) is 6.42 Å². The molecule has 0 aromatic carbocycles. The van der Waals surface area contributed by atoms with Gasteiger partial charge in [-0.1, -0.05) is 6.92 Å². The second-order valence-electron chi connectivity index (χ2n) is 4.05. The number of aryl methyl sites for hydroxylation is 1. The van der Waals surface area contributed by atoms with Crippen molar-refractivity contribution in [3.8, 4) is 0 Å². The maximum absolute atomic E-state index is 11.7. The van der Waals surface area contributed by atoms with E-state index in [1.807, 2.05) is 0 Å². The van der Waals surface area contributed by atoms with E-state index in [1.165, 1.54) is 16.9 Å². The fourth-order valence-electron chi connectivity index (χ4n) is 2.29. The van der Waals surface area contributed by atoms with Crippen LogP contribution >= 0.6 is 11.3 Å². The quantitative estimate of drug-likeness (QED) is 0.767. The van der Waals surface area contributed by atoms with E-state index in [9.17, 15) is 4.79 Å². The van der Waals surface area contributed by atoms with Gasteiger partial charge in [-0.15, -0.1) is 11.3 Å². The summed E-state index contributed by atoms with van der Waals surface area (Å²) in [4.78, 5) is 13.0. The molecular weight excluding hydrogens is 208 g/mol. The van der Waals surface area contributed by atoms with E-state index in [4.69, 9.17) is 5.73 Å². The average molecular weight is 224 g/mol. The normalized spacial score (nSPS) is 19.7. The lowest BCUT2D eigenvalue weighted by Gasteiger charge is -2.19. The summed E-state index contributed by atoms with van der Waals surface area (Å²) in [6.07, 6.45) is 3.44. The maximum Gasteiger partial charge on any atom is 0.254 e. The molecule has 0 spiro atoms. The highest BCUT2D eigenvalue weighted by Gasteiger charge is 2.27. The SMILES string of the molecule is CNC(=O)c1c(N)sc2c1C(C)CCC2. The molecule has 1 heterocycles. The summed E-state index contributed by atoms with van der Waals surface area (Å²) in [7, 11) is 1.65. The van der Waals surface area contributed by atoms with Crippen molar-refractivity contribution in [2.75, 3.05) is 12.8 Å². The summed E-state index contributed by atoms with van der Waals surface area (Å²) >= 11 is 1.58. The molecule has 1 aromatic rings. The van der Waals surface area contributed by atoms with E-state index < -0.39 is 0 Å². The fraction of sp³-hybridized carbons (Fsp3) is 0.545. The first-order valence-electron chi connectivity index (χ1n) is 5.28. The first-order valence-corrected chi connectivity index (χ1v) is 6.10. The topological polar surface area (TPSA) is 55.1 Å². The van der Waals surface area contributed by atoms with Gasteiger partial charge in [-0.2, -0.15) is 0 Å². The molecule has 1 amide bonds. The van der Waals surface area contributed by atoms with Crippen LogP contribution in [0.15, 0.2) is 0 Å². The molecule has 3 N–H and O–H groups in total. The van der Waals surface area contributed by atoms with E-state index in [0.717, 1.165) is 18.4 Å². The molecule has 4 heteroatoms. The molecule has 82 valence electrons. The number of amides is 1. The minimum atomic E-state index is -0.0428.